The van der Waals surface area contributed by atoms with Gasteiger partial charge in [0.15, 0.2) is 0 Å². The summed E-state index contributed by atoms with van der Waals surface area (Å²) < 4.78 is 2.52. The molecule has 0 aliphatic carbocycles. The predicted octanol–water partition coefficient (Wildman–Crippen LogP) is 2.02. The van der Waals surface area contributed by atoms with Crippen LogP contribution in [0.15, 0.2) is 60.4 Å². The van der Waals surface area contributed by atoms with E-state index in [1.165, 1.54) is 15.8 Å². The van der Waals surface area contributed by atoms with Gasteiger partial charge in [-0.25, -0.2) is 0 Å². The Hall–Kier alpha value is -1.70. The van der Waals surface area contributed by atoms with E-state index in [0.29, 0.717) is 5.56 Å². The molecule has 0 fully saturated rings. The molecule has 0 atom stereocenters. The van der Waals surface area contributed by atoms with Crippen molar-refractivity contribution in [3.05, 3.63) is 65.9 Å². The number of aliphatic hydroxyl groups excluding tert-OH is 1. The second-order valence-corrected chi connectivity index (χ2v) is 6.25. The third-order valence-corrected chi connectivity index (χ3v) is 4.57. The number of rotatable bonds is 3. The summed E-state index contributed by atoms with van der Waals surface area (Å²) in [7, 11) is 0. The predicted molar refractivity (Wildman–Crippen MR) is 73.8 cm³/mol. The van der Waals surface area contributed by atoms with Crippen LogP contribution < -0.4 is 8.92 Å². The van der Waals surface area contributed by atoms with Gasteiger partial charge in [-0.3, -0.25) is 0 Å². The zero-order valence-electron chi connectivity index (χ0n) is 9.96. The normalized spacial score (nSPS) is 12.1. The molecule has 0 aliphatic heterocycles. The molecule has 0 saturated carbocycles. The fraction of sp³-hybridized carbons (Fsp3) is 0.0667. The van der Waals surface area contributed by atoms with Crippen LogP contribution in [0.2, 0.25) is 0 Å². The van der Waals surface area contributed by atoms with Crippen molar-refractivity contribution in [3.63, 3.8) is 0 Å². The fourth-order valence-electron chi connectivity index (χ4n) is 1.51. The molecule has 0 unspecified atom stereocenters. The zero-order chi connectivity index (χ0) is 13.0. The van der Waals surface area contributed by atoms with Gasteiger partial charge in [-0.1, -0.05) is 0 Å². The summed E-state index contributed by atoms with van der Waals surface area (Å²) in [6, 6.07) is 17.8. The minimum atomic E-state index is -0.309. The molecule has 2 rings (SSSR count). The van der Waals surface area contributed by atoms with Crippen LogP contribution in [-0.4, -0.2) is 20.1 Å². The molecular weight excluding hydrogens is 291 g/mol. The molecule has 2 nitrogen and oxygen atoms in total. The Morgan fingerprint density at radius 1 is 0.944 bits per heavy atom. The maximum absolute atomic E-state index is 11.0. The van der Waals surface area contributed by atoms with Gasteiger partial charge >= 0.3 is 113 Å². The zero-order valence-corrected chi connectivity index (χ0v) is 11.7. The van der Waals surface area contributed by atoms with E-state index in [0.717, 1.165) is 0 Å². The molecule has 3 heteroatoms. The summed E-state index contributed by atoms with van der Waals surface area (Å²) in [6.45, 7) is 1.36. The Kier molecular flexibility index (Phi) is 4.08. The standard InChI is InChI=1S/C15H13O2Se/c1-11(16)15(17)12-7-9-14(10-8-12)18-13-5-3-2-4-6-13/h2-10,17H,1H3. The Labute approximate surface area is 113 Å². The van der Waals surface area contributed by atoms with Crippen molar-refractivity contribution in [3.8, 4) is 0 Å². The Bertz CT molecular complexity index is 540. The Morgan fingerprint density at radius 2 is 1.50 bits per heavy atom. The van der Waals surface area contributed by atoms with Crippen molar-refractivity contribution in [2.45, 2.75) is 6.92 Å². The van der Waals surface area contributed by atoms with Gasteiger partial charge in [0, 0.05) is 0 Å². The van der Waals surface area contributed by atoms with E-state index in [2.05, 4.69) is 12.1 Å². The van der Waals surface area contributed by atoms with Crippen LogP contribution in [0, 0.1) is 0 Å². The van der Waals surface area contributed by atoms with Gasteiger partial charge in [0.2, 0.25) is 0 Å². The van der Waals surface area contributed by atoms with Crippen LogP contribution >= 0.6 is 0 Å². The van der Waals surface area contributed by atoms with Crippen molar-refractivity contribution in [1.29, 1.82) is 0 Å². The fourth-order valence-corrected chi connectivity index (χ4v) is 3.27. The first-order chi connectivity index (χ1) is 8.66. The summed E-state index contributed by atoms with van der Waals surface area (Å²) in [4.78, 5) is 0. The average Bonchev–Trinajstić information content (AvgIpc) is 2.40. The van der Waals surface area contributed by atoms with Crippen molar-refractivity contribution < 1.29 is 10.2 Å². The van der Waals surface area contributed by atoms with Crippen molar-refractivity contribution in [2.75, 3.05) is 0 Å². The summed E-state index contributed by atoms with van der Waals surface area (Å²) in [5.74, 6) is -0.481. The van der Waals surface area contributed by atoms with Gasteiger partial charge in [0.05, 0.1) is 0 Å². The number of aliphatic hydroxyl groups is 1. The number of benzene rings is 2. The molecule has 18 heavy (non-hydrogen) atoms. The van der Waals surface area contributed by atoms with Crippen LogP contribution in [0.1, 0.15) is 12.5 Å². The van der Waals surface area contributed by atoms with Gasteiger partial charge in [0.25, 0.3) is 0 Å². The summed E-state index contributed by atoms with van der Waals surface area (Å²) in [5.41, 5.74) is 0.579. The number of allylic oxidation sites excluding steroid dienone is 1. The molecule has 91 valence electrons. The minimum absolute atomic E-state index is 0.172. The van der Waals surface area contributed by atoms with Crippen LogP contribution in [-0.2, 0) is 5.11 Å². The first-order valence-electron chi connectivity index (χ1n) is 5.57. The maximum atomic E-state index is 11.0. The van der Waals surface area contributed by atoms with E-state index < -0.39 is 0 Å². The van der Waals surface area contributed by atoms with Crippen LogP contribution in [0.5, 0.6) is 0 Å². The molecule has 0 saturated heterocycles. The van der Waals surface area contributed by atoms with Gasteiger partial charge < -0.3 is 0 Å². The van der Waals surface area contributed by atoms with Gasteiger partial charge in [-0.15, -0.1) is 0 Å². The molecular formula is C15H13O2Se. The topological polar surface area (TPSA) is 40.1 Å². The summed E-state index contributed by atoms with van der Waals surface area (Å²) in [6.07, 6.45) is 0. The molecule has 1 radical (unpaired) electrons. The summed E-state index contributed by atoms with van der Waals surface area (Å²) in [5, 5.41) is 20.6. The second-order valence-electron chi connectivity index (χ2n) is 3.84. The molecule has 0 amide bonds. The van der Waals surface area contributed by atoms with E-state index in [-0.39, 0.29) is 26.5 Å². The van der Waals surface area contributed by atoms with E-state index in [1.54, 1.807) is 12.1 Å². The first kappa shape index (κ1) is 12.7. The number of hydrogen-bond donors (Lipinski definition) is 1. The quantitative estimate of drug-likeness (QED) is 0.684. The molecule has 2 aromatic carbocycles. The number of hydrogen-bond acceptors (Lipinski definition) is 1. The SMILES string of the molecule is CC([O])=C(O)c1ccc([Se]c2ccccc2)cc1. The van der Waals surface area contributed by atoms with Crippen LogP contribution in [0.4, 0.5) is 0 Å². The molecule has 1 N–H and O–H groups in total. The second kappa shape index (κ2) is 5.76. The molecule has 0 spiro atoms. The van der Waals surface area contributed by atoms with Crippen molar-refractivity contribution in [2.24, 2.45) is 0 Å². The van der Waals surface area contributed by atoms with Crippen LogP contribution in [0.25, 0.3) is 5.76 Å². The Morgan fingerprint density at radius 3 is 2.06 bits per heavy atom. The van der Waals surface area contributed by atoms with E-state index >= 15 is 0 Å². The average molecular weight is 304 g/mol. The molecule has 2 aromatic rings. The third-order valence-electron chi connectivity index (χ3n) is 2.44. The van der Waals surface area contributed by atoms with Crippen molar-refractivity contribution in [1.82, 2.24) is 0 Å². The third kappa shape index (κ3) is 3.16. The monoisotopic (exact) mass is 305 g/mol. The molecule has 0 aromatic heterocycles. The van der Waals surface area contributed by atoms with E-state index in [4.69, 9.17) is 0 Å². The van der Waals surface area contributed by atoms with Gasteiger partial charge in [-0.2, -0.15) is 0 Å². The van der Waals surface area contributed by atoms with Crippen molar-refractivity contribution >= 4 is 29.6 Å². The van der Waals surface area contributed by atoms with E-state index in [1.807, 2.05) is 30.3 Å². The molecule has 0 heterocycles. The summed E-state index contributed by atoms with van der Waals surface area (Å²) >= 11 is 0.256. The van der Waals surface area contributed by atoms with E-state index in [9.17, 15) is 10.2 Å². The first-order valence-corrected chi connectivity index (χ1v) is 7.28. The van der Waals surface area contributed by atoms with Gasteiger partial charge in [-0.05, 0) is 0 Å². The molecule has 0 bridgehead atoms. The Balaban J connectivity index is 2.16. The van der Waals surface area contributed by atoms with Crippen LogP contribution in [0.3, 0.4) is 0 Å². The van der Waals surface area contributed by atoms with Gasteiger partial charge in [0.1, 0.15) is 0 Å². The molecule has 0 aliphatic rings.